The van der Waals surface area contributed by atoms with E-state index in [2.05, 4.69) is 11.5 Å². The van der Waals surface area contributed by atoms with E-state index >= 15 is 0 Å². The number of hydrogen-bond donors (Lipinski definition) is 0. The maximum atomic E-state index is 12.9. The number of hydrogen-bond acceptors (Lipinski definition) is 1. The van der Waals surface area contributed by atoms with E-state index in [-0.39, 0.29) is 11.9 Å². The fourth-order valence-electron chi connectivity index (χ4n) is 2.65. The van der Waals surface area contributed by atoms with Crippen molar-refractivity contribution in [1.82, 2.24) is 4.57 Å². The molecule has 0 aliphatic heterocycles. The molecular weight excluding hydrogens is 241 g/mol. The van der Waals surface area contributed by atoms with E-state index in [0.29, 0.717) is 0 Å². The second-order valence-electron chi connectivity index (χ2n) is 4.99. The normalized spacial score (nSPS) is 12.4. The molecule has 1 atom stereocenters. The summed E-state index contributed by atoms with van der Waals surface area (Å²) >= 11 is 0. The lowest BCUT2D eigenvalue weighted by Gasteiger charge is -2.18. The zero-order chi connectivity index (χ0) is 14.0. The minimum absolute atomic E-state index is 0.215. The quantitative estimate of drug-likeness (QED) is 0.764. The summed E-state index contributed by atoms with van der Waals surface area (Å²) in [5.41, 5.74) is 3.90. The maximum Gasteiger partial charge on any atom is 0.151 e. The summed E-state index contributed by atoms with van der Waals surface area (Å²) in [5.74, 6) is -0.215. The number of halogens is 1. The Morgan fingerprint density at radius 2 is 1.89 bits per heavy atom. The molecule has 2 nitrogen and oxygen atoms in total. The molecule has 0 saturated heterocycles. The van der Waals surface area contributed by atoms with Crippen molar-refractivity contribution < 1.29 is 9.18 Å². The molecule has 0 bridgehead atoms. The van der Waals surface area contributed by atoms with E-state index in [4.69, 9.17) is 0 Å². The third-order valence-electron chi connectivity index (χ3n) is 3.54. The van der Waals surface area contributed by atoms with Crippen LogP contribution in [0.4, 0.5) is 4.39 Å². The minimum atomic E-state index is -0.215. The van der Waals surface area contributed by atoms with Crippen LogP contribution in [-0.2, 0) is 6.42 Å². The lowest BCUT2D eigenvalue weighted by atomic mass is 10.1. The molecule has 0 aliphatic carbocycles. The molecule has 2 rings (SSSR count). The Balaban J connectivity index is 2.24. The van der Waals surface area contributed by atoms with Crippen LogP contribution in [0.1, 0.15) is 40.3 Å². The Kier molecular flexibility index (Phi) is 3.84. The Hall–Kier alpha value is -1.90. The lowest BCUT2D eigenvalue weighted by molar-refractivity contribution is 0.112. The van der Waals surface area contributed by atoms with Gasteiger partial charge in [-0.3, -0.25) is 4.79 Å². The Labute approximate surface area is 112 Å². The average Bonchev–Trinajstić information content (AvgIpc) is 2.67. The van der Waals surface area contributed by atoms with Crippen LogP contribution in [0.5, 0.6) is 0 Å². The van der Waals surface area contributed by atoms with Crippen molar-refractivity contribution in [1.29, 1.82) is 0 Å². The van der Waals surface area contributed by atoms with Crippen molar-refractivity contribution in [2.75, 3.05) is 0 Å². The molecule has 100 valence electrons. The number of carbonyl (C=O) groups is 1. The number of carbonyl (C=O) groups excluding carboxylic acids is 1. The highest BCUT2D eigenvalue weighted by Gasteiger charge is 2.14. The van der Waals surface area contributed by atoms with Crippen LogP contribution >= 0.6 is 0 Å². The molecular formula is C16H18FNO. The fraction of sp³-hybridized carbons (Fsp3) is 0.312. The van der Waals surface area contributed by atoms with E-state index in [9.17, 15) is 9.18 Å². The van der Waals surface area contributed by atoms with Crippen LogP contribution in [-0.4, -0.2) is 10.9 Å². The van der Waals surface area contributed by atoms with E-state index in [0.717, 1.165) is 35.2 Å². The Bertz CT molecular complexity index is 584. The first kappa shape index (κ1) is 13.5. The predicted octanol–water partition coefficient (Wildman–Crippen LogP) is 3.86. The first-order valence-electron chi connectivity index (χ1n) is 6.41. The van der Waals surface area contributed by atoms with Crippen molar-refractivity contribution in [3.8, 4) is 0 Å². The van der Waals surface area contributed by atoms with Crippen molar-refractivity contribution in [3.63, 3.8) is 0 Å². The molecule has 0 radical (unpaired) electrons. The maximum absolute atomic E-state index is 12.9. The topological polar surface area (TPSA) is 22.0 Å². The summed E-state index contributed by atoms with van der Waals surface area (Å²) < 4.78 is 15.0. The Morgan fingerprint density at radius 3 is 2.42 bits per heavy atom. The number of aryl methyl sites for hydroxylation is 1. The highest BCUT2D eigenvalue weighted by atomic mass is 19.1. The van der Waals surface area contributed by atoms with E-state index in [1.165, 1.54) is 12.1 Å². The molecule has 19 heavy (non-hydrogen) atoms. The summed E-state index contributed by atoms with van der Waals surface area (Å²) in [6, 6.07) is 8.71. The smallest absolute Gasteiger partial charge is 0.151 e. The fourth-order valence-corrected chi connectivity index (χ4v) is 2.65. The molecule has 0 aliphatic rings. The highest BCUT2D eigenvalue weighted by Crippen LogP contribution is 2.22. The number of aromatic nitrogens is 1. The molecule has 1 aromatic carbocycles. The third kappa shape index (κ3) is 2.75. The van der Waals surface area contributed by atoms with Gasteiger partial charge < -0.3 is 4.57 Å². The minimum Gasteiger partial charge on any atom is -0.345 e. The van der Waals surface area contributed by atoms with Crippen LogP contribution in [0.25, 0.3) is 0 Å². The zero-order valence-electron chi connectivity index (χ0n) is 11.5. The van der Waals surface area contributed by atoms with Gasteiger partial charge in [-0.25, -0.2) is 4.39 Å². The number of aldehydes is 1. The van der Waals surface area contributed by atoms with Crippen LogP contribution in [0, 0.1) is 19.7 Å². The second kappa shape index (κ2) is 5.39. The molecule has 0 N–H and O–H groups in total. The summed E-state index contributed by atoms with van der Waals surface area (Å²) in [7, 11) is 0. The highest BCUT2D eigenvalue weighted by molar-refractivity contribution is 5.77. The van der Waals surface area contributed by atoms with Gasteiger partial charge in [0.15, 0.2) is 6.29 Å². The molecule has 1 unspecified atom stereocenters. The van der Waals surface area contributed by atoms with Crippen LogP contribution in [0.2, 0.25) is 0 Å². The number of rotatable bonds is 4. The first-order chi connectivity index (χ1) is 9.02. The van der Waals surface area contributed by atoms with Gasteiger partial charge in [0.05, 0.1) is 0 Å². The lowest BCUT2D eigenvalue weighted by Crippen LogP contribution is -2.11. The first-order valence-corrected chi connectivity index (χ1v) is 6.41. The molecule has 1 heterocycles. The molecule has 2 aromatic rings. The summed E-state index contributed by atoms with van der Waals surface area (Å²) in [4.78, 5) is 11.0. The standard InChI is InChI=1S/C16H18FNO/c1-11(8-14-4-6-16(17)7-5-14)18-12(2)9-15(10-19)13(18)3/h4-7,9-11H,8H2,1-3H3. The largest absolute Gasteiger partial charge is 0.345 e. The van der Waals surface area contributed by atoms with Crippen LogP contribution in [0.3, 0.4) is 0 Å². The SMILES string of the molecule is Cc1cc(C=O)c(C)n1C(C)Cc1ccc(F)cc1. The molecule has 0 saturated carbocycles. The molecule has 0 spiro atoms. The van der Waals surface area contributed by atoms with Gasteiger partial charge in [0, 0.05) is 23.0 Å². The van der Waals surface area contributed by atoms with Gasteiger partial charge in [0.2, 0.25) is 0 Å². The van der Waals surface area contributed by atoms with E-state index in [1.54, 1.807) is 12.1 Å². The van der Waals surface area contributed by atoms with Crippen molar-refractivity contribution in [2.24, 2.45) is 0 Å². The predicted molar refractivity (Wildman–Crippen MR) is 74.1 cm³/mol. The van der Waals surface area contributed by atoms with Crippen LogP contribution in [0.15, 0.2) is 30.3 Å². The van der Waals surface area contributed by atoms with Crippen molar-refractivity contribution >= 4 is 6.29 Å². The van der Waals surface area contributed by atoms with Gasteiger partial charge in [-0.2, -0.15) is 0 Å². The summed E-state index contributed by atoms with van der Waals surface area (Å²) in [6.07, 6.45) is 1.71. The summed E-state index contributed by atoms with van der Waals surface area (Å²) in [5, 5.41) is 0. The monoisotopic (exact) mass is 259 g/mol. The van der Waals surface area contributed by atoms with Gasteiger partial charge >= 0.3 is 0 Å². The second-order valence-corrected chi connectivity index (χ2v) is 4.99. The molecule has 0 amide bonds. The molecule has 0 fully saturated rings. The van der Waals surface area contributed by atoms with Gasteiger partial charge in [0.25, 0.3) is 0 Å². The van der Waals surface area contributed by atoms with Crippen LogP contribution < -0.4 is 0 Å². The van der Waals surface area contributed by atoms with Crippen molar-refractivity contribution in [3.05, 3.63) is 58.7 Å². The van der Waals surface area contributed by atoms with Gasteiger partial charge in [0.1, 0.15) is 5.82 Å². The zero-order valence-corrected chi connectivity index (χ0v) is 11.5. The Morgan fingerprint density at radius 1 is 1.26 bits per heavy atom. The third-order valence-corrected chi connectivity index (χ3v) is 3.54. The molecule has 3 heteroatoms. The van der Waals surface area contributed by atoms with E-state index in [1.807, 2.05) is 19.9 Å². The van der Waals surface area contributed by atoms with Crippen molar-refractivity contribution in [2.45, 2.75) is 33.2 Å². The average molecular weight is 259 g/mol. The molecule has 1 aromatic heterocycles. The summed E-state index contributed by atoms with van der Waals surface area (Å²) in [6.45, 7) is 6.07. The van der Waals surface area contributed by atoms with Gasteiger partial charge in [-0.05, 0) is 51.0 Å². The van der Waals surface area contributed by atoms with E-state index < -0.39 is 0 Å². The van der Waals surface area contributed by atoms with Gasteiger partial charge in [-0.1, -0.05) is 12.1 Å². The van der Waals surface area contributed by atoms with Gasteiger partial charge in [-0.15, -0.1) is 0 Å². The number of benzene rings is 1. The number of nitrogens with zero attached hydrogens (tertiary/aromatic N) is 1.